The molecule has 0 aliphatic rings. The first-order valence-electron chi connectivity index (χ1n) is 6.59. The second-order valence-corrected chi connectivity index (χ2v) is 4.41. The van der Waals surface area contributed by atoms with E-state index in [-0.39, 0.29) is 5.97 Å². The molecule has 2 nitrogen and oxygen atoms in total. The first-order chi connectivity index (χ1) is 9.29. The summed E-state index contributed by atoms with van der Waals surface area (Å²) in [6.45, 7) is 2.23. The Balaban J connectivity index is 2.01. The van der Waals surface area contributed by atoms with Gasteiger partial charge in [-0.05, 0) is 43.0 Å². The zero-order chi connectivity index (χ0) is 13.5. The van der Waals surface area contributed by atoms with Crippen molar-refractivity contribution in [3.8, 4) is 0 Å². The summed E-state index contributed by atoms with van der Waals surface area (Å²) < 4.78 is 5.01. The molecule has 0 atom stereocenters. The highest BCUT2D eigenvalue weighted by molar-refractivity contribution is 5.89. The van der Waals surface area contributed by atoms with Crippen LogP contribution in [0.15, 0.2) is 54.6 Å². The molecule has 0 aromatic heterocycles. The molecule has 19 heavy (non-hydrogen) atoms. The number of rotatable bonds is 5. The minimum atomic E-state index is -0.246. The van der Waals surface area contributed by atoms with Crippen molar-refractivity contribution in [1.82, 2.24) is 0 Å². The highest BCUT2D eigenvalue weighted by Crippen LogP contribution is 2.10. The van der Waals surface area contributed by atoms with E-state index in [1.165, 1.54) is 5.56 Å². The molecule has 2 heteroatoms. The van der Waals surface area contributed by atoms with Crippen LogP contribution in [0.3, 0.4) is 0 Å². The maximum absolute atomic E-state index is 11.6. The Bertz CT molecular complexity index is 532. The predicted molar refractivity (Wildman–Crippen MR) is 76.2 cm³/mol. The van der Waals surface area contributed by atoms with Crippen molar-refractivity contribution in [2.75, 3.05) is 6.61 Å². The first kappa shape index (κ1) is 13.3. The van der Waals surface area contributed by atoms with Crippen LogP contribution in [0.1, 0.15) is 28.4 Å². The third-order valence-electron chi connectivity index (χ3n) is 2.98. The minimum Gasteiger partial charge on any atom is -0.462 e. The molecule has 0 saturated heterocycles. The standard InChI is InChI=1S/C17H18O2/c1-2-19-17(18)16-10-6-9-15(13-16)12-11-14-7-4-3-5-8-14/h3-10,13H,2,11-12H2,1H3. The van der Waals surface area contributed by atoms with E-state index < -0.39 is 0 Å². The van der Waals surface area contributed by atoms with Gasteiger partial charge in [0.2, 0.25) is 0 Å². The lowest BCUT2D eigenvalue weighted by atomic mass is 10.0. The van der Waals surface area contributed by atoms with Crippen molar-refractivity contribution in [2.24, 2.45) is 0 Å². The van der Waals surface area contributed by atoms with Crippen molar-refractivity contribution in [3.05, 3.63) is 71.3 Å². The molecule has 0 amide bonds. The number of benzene rings is 2. The van der Waals surface area contributed by atoms with Gasteiger partial charge in [-0.25, -0.2) is 4.79 Å². The molecular formula is C17H18O2. The van der Waals surface area contributed by atoms with E-state index in [0.717, 1.165) is 18.4 Å². The largest absolute Gasteiger partial charge is 0.462 e. The average molecular weight is 254 g/mol. The molecule has 0 aliphatic carbocycles. The Kier molecular flexibility index (Phi) is 4.73. The summed E-state index contributed by atoms with van der Waals surface area (Å²) in [5.74, 6) is -0.246. The topological polar surface area (TPSA) is 26.3 Å². The second-order valence-electron chi connectivity index (χ2n) is 4.41. The molecule has 0 unspecified atom stereocenters. The fraction of sp³-hybridized carbons (Fsp3) is 0.235. The molecule has 0 saturated carbocycles. The number of hydrogen-bond acceptors (Lipinski definition) is 2. The molecule has 0 radical (unpaired) electrons. The number of ether oxygens (including phenoxy) is 1. The number of hydrogen-bond donors (Lipinski definition) is 0. The molecular weight excluding hydrogens is 236 g/mol. The van der Waals surface area contributed by atoms with Crippen LogP contribution in [0.2, 0.25) is 0 Å². The van der Waals surface area contributed by atoms with Gasteiger partial charge in [0.05, 0.1) is 12.2 Å². The van der Waals surface area contributed by atoms with Gasteiger partial charge in [-0.2, -0.15) is 0 Å². The Labute approximate surface area is 114 Å². The number of esters is 1. The Morgan fingerprint density at radius 1 is 0.947 bits per heavy atom. The lowest BCUT2D eigenvalue weighted by Crippen LogP contribution is -2.05. The van der Waals surface area contributed by atoms with Crippen LogP contribution >= 0.6 is 0 Å². The molecule has 2 rings (SSSR count). The number of aryl methyl sites for hydroxylation is 2. The van der Waals surface area contributed by atoms with Crippen molar-refractivity contribution >= 4 is 5.97 Å². The summed E-state index contributed by atoms with van der Waals surface area (Å²) in [6, 6.07) is 18.0. The van der Waals surface area contributed by atoms with Crippen LogP contribution in [0.5, 0.6) is 0 Å². The summed E-state index contributed by atoms with van der Waals surface area (Å²) in [5.41, 5.74) is 3.10. The molecule has 0 spiro atoms. The SMILES string of the molecule is CCOC(=O)c1cccc(CCc2ccccc2)c1. The van der Waals surface area contributed by atoms with E-state index in [4.69, 9.17) is 4.74 Å². The molecule has 2 aromatic rings. The van der Waals surface area contributed by atoms with Crippen LogP contribution < -0.4 is 0 Å². The first-order valence-corrected chi connectivity index (χ1v) is 6.59. The maximum atomic E-state index is 11.6. The van der Waals surface area contributed by atoms with Crippen molar-refractivity contribution in [1.29, 1.82) is 0 Å². The summed E-state index contributed by atoms with van der Waals surface area (Å²) >= 11 is 0. The van der Waals surface area contributed by atoms with Crippen molar-refractivity contribution in [3.63, 3.8) is 0 Å². The lowest BCUT2D eigenvalue weighted by molar-refractivity contribution is 0.0526. The number of carbonyl (C=O) groups excluding carboxylic acids is 1. The predicted octanol–water partition coefficient (Wildman–Crippen LogP) is 3.65. The van der Waals surface area contributed by atoms with E-state index in [0.29, 0.717) is 12.2 Å². The van der Waals surface area contributed by atoms with E-state index in [1.807, 2.05) is 43.3 Å². The quantitative estimate of drug-likeness (QED) is 0.761. The van der Waals surface area contributed by atoms with Gasteiger partial charge in [0.1, 0.15) is 0 Å². The molecule has 0 fully saturated rings. The monoisotopic (exact) mass is 254 g/mol. The lowest BCUT2D eigenvalue weighted by Gasteiger charge is -2.05. The van der Waals surface area contributed by atoms with Crippen LogP contribution in [0, 0.1) is 0 Å². The molecule has 98 valence electrons. The van der Waals surface area contributed by atoms with Gasteiger partial charge in [0, 0.05) is 0 Å². The zero-order valence-electron chi connectivity index (χ0n) is 11.1. The Morgan fingerprint density at radius 2 is 1.63 bits per heavy atom. The van der Waals surface area contributed by atoms with E-state index in [1.54, 1.807) is 6.07 Å². The highest BCUT2D eigenvalue weighted by atomic mass is 16.5. The van der Waals surface area contributed by atoms with E-state index in [9.17, 15) is 4.79 Å². The van der Waals surface area contributed by atoms with Gasteiger partial charge in [-0.1, -0.05) is 42.5 Å². The van der Waals surface area contributed by atoms with Gasteiger partial charge >= 0.3 is 5.97 Å². The Hall–Kier alpha value is -2.09. The fourth-order valence-corrected chi connectivity index (χ4v) is 2.00. The third kappa shape index (κ3) is 3.95. The molecule has 0 N–H and O–H groups in total. The molecule has 0 bridgehead atoms. The molecule has 2 aromatic carbocycles. The smallest absolute Gasteiger partial charge is 0.338 e. The molecule has 0 aliphatic heterocycles. The van der Waals surface area contributed by atoms with Crippen molar-refractivity contribution in [2.45, 2.75) is 19.8 Å². The zero-order valence-corrected chi connectivity index (χ0v) is 11.1. The minimum absolute atomic E-state index is 0.246. The van der Waals surface area contributed by atoms with Crippen LogP contribution in [0.4, 0.5) is 0 Å². The van der Waals surface area contributed by atoms with Gasteiger partial charge in [-0.3, -0.25) is 0 Å². The summed E-state index contributed by atoms with van der Waals surface area (Å²) in [4.78, 5) is 11.6. The van der Waals surface area contributed by atoms with Crippen LogP contribution in [0.25, 0.3) is 0 Å². The van der Waals surface area contributed by atoms with Gasteiger partial charge in [0.25, 0.3) is 0 Å². The maximum Gasteiger partial charge on any atom is 0.338 e. The second kappa shape index (κ2) is 6.74. The normalized spacial score (nSPS) is 10.2. The van der Waals surface area contributed by atoms with E-state index >= 15 is 0 Å². The summed E-state index contributed by atoms with van der Waals surface area (Å²) in [5, 5.41) is 0. The average Bonchev–Trinajstić information content (AvgIpc) is 2.47. The Morgan fingerprint density at radius 3 is 2.37 bits per heavy atom. The summed E-state index contributed by atoms with van der Waals surface area (Å²) in [6.07, 6.45) is 1.91. The van der Waals surface area contributed by atoms with Crippen LogP contribution in [-0.2, 0) is 17.6 Å². The van der Waals surface area contributed by atoms with E-state index in [2.05, 4.69) is 12.1 Å². The number of carbonyl (C=O) groups is 1. The fourth-order valence-electron chi connectivity index (χ4n) is 2.00. The third-order valence-corrected chi connectivity index (χ3v) is 2.98. The highest BCUT2D eigenvalue weighted by Gasteiger charge is 2.06. The molecule has 0 heterocycles. The van der Waals surface area contributed by atoms with Crippen LogP contribution in [-0.4, -0.2) is 12.6 Å². The van der Waals surface area contributed by atoms with Crippen molar-refractivity contribution < 1.29 is 9.53 Å². The van der Waals surface area contributed by atoms with Gasteiger partial charge in [-0.15, -0.1) is 0 Å². The van der Waals surface area contributed by atoms with Gasteiger partial charge in [0.15, 0.2) is 0 Å². The summed E-state index contributed by atoms with van der Waals surface area (Å²) in [7, 11) is 0. The van der Waals surface area contributed by atoms with Gasteiger partial charge < -0.3 is 4.74 Å².